The van der Waals surface area contributed by atoms with Crippen molar-refractivity contribution in [2.45, 2.75) is 57.9 Å². The lowest BCUT2D eigenvalue weighted by Crippen LogP contribution is -2.42. The lowest BCUT2D eigenvalue weighted by atomic mass is 9.86. The van der Waals surface area contributed by atoms with E-state index in [0.29, 0.717) is 31.9 Å². The van der Waals surface area contributed by atoms with E-state index in [-0.39, 0.29) is 24.0 Å². The molecule has 1 saturated carbocycles. The molecule has 8 heteroatoms. The van der Waals surface area contributed by atoms with Crippen molar-refractivity contribution in [3.63, 3.8) is 0 Å². The number of nitrogen functional groups attached to an aromatic ring is 1. The van der Waals surface area contributed by atoms with Crippen LogP contribution in [-0.2, 0) is 16.1 Å². The summed E-state index contributed by atoms with van der Waals surface area (Å²) in [7, 11) is 1.59. The van der Waals surface area contributed by atoms with Gasteiger partial charge in [0.05, 0.1) is 6.54 Å². The van der Waals surface area contributed by atoms with Crippen molar-refractivity contribution in [2.24, 2.45) is 5.92 Å². The molecule has 1 aliphatic carbocycles. The molecule has 1 aliphatic rings. The van der Waals surface area contributed by atoms with Gasteiger partial charge in [-0.05, 0) is 24.3 Å². The van der Waals surface area contributed by atoms with Crippen LogP contribution in [0.25, 0.3) is 0 Å². The van der Waals surface area contributed by atoms with Gasteiger partial charge in [0.25, 0.3) is 5.56 Å². The number of aromatic amines is 1. The van der Waals surface area contributed by atoms with Gasteiger partial charge in [-0.2, -0.15) is 0 Å². The first-order valence-electron chi connectivity index (χ1n) is 11.5. The Morgan fingerprint density at radius 3 is 2.59 bits per heavy atom. The molecule has 0 spiro atoms. The molecule has 1 fully saturated rings. The van der Waals surface area contributed by atoms with Crippen molar-refractivity contribution in [2.75, 3.05) is 30.9 Å². The minimum absolute atomic E-state index is 0.00559. The van der Waals surface area contributed by atoms with Crippen LogP contribution in [0.15, 0.2) is 39.9 Å². The van der Waals surface area contributed by atoms with Crippen LogP contribution in [0.2, 0.25) is 0 Å². The summed E-state index contributed by atoms with van der Waals surface area (Å²) in [4.78, 5) is 42.3. The van der Waals surface area contributed by atoms with Gasteiger partial charge < -0.3 is 15.4 Å². The summed E-state index contributed by atoms with van der Waals surface area (Å²) >= 11 is 0. The average molecular weight is 443 g/mol. The Balaban J connectivity index is 1.88. The number of carbonyl (C=O) groups excluding carboxylic acids is 1. The van der Waals surface area contributed by atoms with Crippen LogP contribution in [0.4, 0.5) is 11.5 Å². The molecule has 0 unspecified atom stereocenters. The Hall–Kier alpha value is -2.87. The Morgan fingerprint density at radius 2 is 1.91 bits per heavy atom. The molecule has 8 nitrogen and oxygen atoms in total. The monoisotopic (exact) mass is 442 g/mol. The standard InChI is InChI=1S/C24H34N4O4/c1-32-16-8-15-27(20(29)14-13-18-9-4-2-5-10-18)21-22(25)28(24(31)26-23(21)30)17-19-11-6-3-7-12-19/h3,6-7,11-12,18H,2,4-5,8-10,13-17,25H2,1H3,(H,26,30,31). The normalized spacial score (nSPS) is 14.4. The van der Waals surface area contributed by atoms with E-state index in [0.717, 1.165) is 24.8 Å². The highest BCUT2D eigenvalue weighted by Gasteiger charge is 2.25. The Labute approximate surface area is 188 Å². The zero-order valence-electron chi connectivity index (χ0n) is 18.8. The summed E-state index contributed by atoms with van der Waals surface area (Å²) in [6.45, 7) is 0.958. The van der Waals surface area contributed by atoms with Gasteiger partial charge in [-0.25, -0.2) is 4.79 Å². The number of methoxy groups -OCH3 is 1. The van der Waals surface area contributed by atoms with E-state index in [4.69, 9.17) is 10.5 Å². The van der Waals surface area contributed by atoms with Crippen molar-refractivity contribution in [1.82, 2.24) is 9.55 Å². The molecule has 0 radical (unpaired) electrons. The highest BCUT2D eigenvalue weighted by Crippen LogP contribution is 2.28. The zero-order valence-corrected chi connectivity index (χ0v) is 18.8. The van der Waals surface area contributed by atoms with E-state index in [9.17, 15) is 14.4 Å². The SMILES string of the molecule is COCCCN(C(=O)CCC1CCCCC1)c1c(N)n(Cc2ccccc2)c(=O)[nH]c1=O. The third kappa shape index (κ3) is 6.09. The summed E-state index contributed by atoms with van der Waals surface area (Å²) in [5.74, 6) is 0.413. The van der Waals surface area contributed by atoms with Crippen LogP contribution in [0.3, 0.4) is 0 Å². The molecule has 1 aromatic carbocycles. The largest absolute Gasteiger partial charge is 0.385 e. The number of benzene rings is 1. The lowest BCUT2D eigenvalue weighted by molar-refractivity contribution is -0.119. The van der Waals surface area contributed by atoms with Crippen LogP contribution in [-0.4, -0.2) is 35.7 Å². The molecule has 2 aromatic rings. The maximum absolute atomic E-state index is 13.2. The smallest absolute Gasteiger partial charge is 0.330 e. The highest BCUT2D eigenvalue weighted by molar-refractivity contribution is 5.95. The number of carbonyl (C=O) groups is 1. The molecule has 0 bridgehead atoms. The molecule has 0 atom stereocenters. The number of nitrogens with zero attached hydrogens (tertiary/aromatic N) is 2. The summed E-state index contributed by atoms with van der Waals surface area (Å²) in [5.41, 5.74) is 6.02. The van der Waals surface area contributed by atoms with Crippen LogP contribution >= 0.6 is 0 Å². The Morgan fingerprint density at radius 1 is 1.19 bits per heavy atom. The number of ether oxygens (including phenoxy) is 1. The van der Waals surface area contributed by atoms with E-state index in [1.807, 2.05) is 30.3 Å². The molecular formula is C24H34N4O4. The van der Waals surface area contributed by atoms with Gasteiger partial charge in [-0.1, -0.05) is 62.4 Å². The molecule has 3 N–H and O–H groups in total. The highest BCUT2D eigenvalue weighted by atomic mass is 16.5. The number of amides is 1. The summed E-state index contributed by atoms with van der Waals surface area (Å²) in [6, 6.07) is 9.38. The molecule has 1 heterocycles. The fourth-order valence-corrected chi connectivity index (χ4v) is 4.43. The molecule has 0 aliphatic heterocycles. The van der Waals surface area contributed by atoms with E-state index < -0.39 is 11.2 Å². The van der Waals surface area contributed by atoms with Gasteiger partial charge in [0.1, 0.15) is 5.82 Å². The van der Waals surface area contributed by atoms with Gasteiger partial charge in [-0.3, -0.25) is 19.1 Å². The lowest BCUT2D eigenvalue weighted by Gasteiger charge is -2.26. The van der Waals surface area contributed by atoms with Crippen LogP contribution in [0.1, 0.15) is 56.9 Å². The first-order chi connectivity index (χ1) is 15.5. The molecule has 174 valence electrons. The quantitative estimate of drug-likeness (QED) is 0.550. The Kier molecular flexibility index (Phi) is 8.67. The van der Waals surface area contributed by atoms with E-state index >= 15 is 0 Å². The van der Waals surface area contributed by atoms with Gasteiger partial charge in [-0.15, -0.1) is 0 Å². The minimum Gasteiger partial charge on any atom is -0.385 e. The topological polar surface area (TPSA) is 110 Å². The summed E-state index contributed by atoms with van der Waals surface area (Å²) < 4.78 is 6.44. The van der Waals surface area contributed by atoms with E-state index in [1.165, 1.54) is 28.7 Å². The molecular weight excluding hydrogens is 408 g/mol. The first kappa shape index (κ1) is 23.8. The molecule has 32 heavy (non-hydrogen) atoms. The number of hydrogen-bond acceptors (Lipinski definition) is 5. The van der Waals surface area contributed by atoms with E-state index in [2.05, 4.69) is 4.98 Å². The van der Waals surface area contributed by atoms with Gasteiger partial charge in [0, 0.05) is 26.7 Å². The van der Waals surface area contributed by atoms with Crippen LogP contribution in [0.5, 0.6) is 0 Å². The number of H-pyrrole nitrogens is 1. The number of aromatic nitrogens is 2. The van der Waals surface area contributed by atoms with Crippen molar-refractivity contribution in [3.8, 4) is 0 Å². The minimum atomic E-state index is -0.639. The van der Waals surface area contributed by atoms with Gasteiger partial charge in [0.15, 0.2) is 5.69 Å². The third-order valence-corrected chi connectivity index (χ3v) is 6.19. The second-order valence-corrected chi connectivity index (χ2v) is 8.50. The van der Waals surface area contributed by atoms with Crippen molar-refractivity contribution >= 4 is 17.4 Å². The number of nitrogens with one attached hydrogen (secondary N) is 1. The maximum atomic E-state index is 13.2. The maximum Gasteiger partial charge on any atom is 0.330 e. The number of anilines is 2. The van der Waals surface area contributed by atoms with Crippen molar-refractivity contribution in [1.29, 1.82) is 0 Å². The second-order valence-electron chi connectivity index (χ2n) is 8.50. The number of nitrogens with two attached hydrogens (primary N) is 1. The van der Waals surface area contributed by atoms with Crippen LogP contribution in [0, 0.1) is 5.92 Å². The predicted molar refractivity (Wildman–Crippen MR) is 126 cm³/mol. The second kappa shape index (κ2) is 11.7. The summed E-state index contributed by atoms with van der Waals surface area (Å²) in [5, 5.41) is 0. The molecule has 3 rings (SSSR count). The number of rotatable bonds is 10. The predicted octanol–water partition coefficient (Wildman–Crippen LogP) is 2.90. The third-order valence-electron chi connectivity index (χ3n) is 6.19. The fraction of sp³-hybridized carbons (Fsp3) is 0.542. The summed E-state index contributed by atoms with van der Waals surface area (Å²) in [6.07, 6.45) is 7.73. The van der Waals surface area contributed by atoms with Gasteiger partial charge in [0.2, 0.25) is 5.91 Å². The Bertz CT molecular complexity index is 993. The van der Waals surface area contributed by atoms with Crippen molar-refractivity contribution < 1.29 is 9.53 Å². The van der Waals surface area contributed by atoms with Gasteiger partial charge >= 0.3 is 5.69 Å². The van der Waals surface area contributed by atoms with Crippen molar-refractivity contribution in [3.05, 3.63) is 56.7 Å². The van der Waals surface area contributed by atoms with Crippen LogP contribution < -0.4 is 21.9 Å². The molecule has 0 saturated heterocycles. The molecule has 1 amide bonds. The number of hydrogen-bond donors (Lipinski definition) is 2. The average Bonchev–Trinajstić information content (AvgIpc) is 2.80. The first-order valence-corrected chi connectivity index (χ1v) is 11.5. The van der Waals surface area contributed by atoms with E-state index in [1.54, 1.807) is 7.11 Å². The fourth-order valence-electron chi connectivity index (χ4n) is 4.43. The zero-order chi connectivity index (χ0) is 22.9. The molecule has 1 aromatic heterocycles.